The van der Waals surface area contributed by atoms with Crippen LogP contribution in [0, 0.1) is 52.3 Å². The van der Waals surface area contributed by atoms with Crippen LogP contribution in [0.15, 0.2) is 0 Å². The summed E-state index contributed by atoms with van der Waals surface area (Å²) >= 11 is 0. The van der Waals surface area contributed by atoms with Crippen LogP contribution in [0.4, 0.5) is 0 Å². The van der Waals surface area contributed by atoms with Crippen LogP contribution in [0.25, 0.3) is 0 Å². The molecule has 0 radical (unpaired) electrons. The van der Waals surface area contributed by atoms with E-state index in [0.717, 1.165) is 37.1 Å². The second-order valence-electron chi connectivity index (χ2n) is 14.2. The standard InChI is InChI=1S/C30H53NO3/c1-19(2)9-8-10-20(3)23-11-12-24-26-22(18-31(6)7)27(33)30(34)17-21(32)13-16-29(30,5)25(26)14-15-28(23,24)4/h19-26,32,34H,8-18H2,1-7H3/t20-,21+,22?,23-,24+,25+,26+,28-,29-,30+/m1/s1. The number of carbonyl (C=O) groups is 1. The Morgan fingerprint density at radius 1 is 1.00 bits per heavy atom. The van der Waals surface area contributed by atoms with Crippen molar-refractivity contribution in [2.45, 2.75) is 111 Å². The van der Waals surface area contributed by atoms with E-state index in [0.29, 0.717) is 29.6 Å². The van der Waals surface area contributed by atoms with Gasteiger partial charge in [0.15, 0.2) is 5.78 Å². The van der Waals surface area contributed by atoms with Crippen molar-refractivity contribution in [3.8, 4) is 0 Å². The molecule has 10 atom stereocenters. The summed E-state index contributed by atoms with van der Waals surface area (Å²) in [4.78, 5) is 16.3. The van der Waals surface area contributed by atoms with Crippen LogP contribution in [0.1, 0.15) is 98.8 Å². The van der Waals surface area contributed by atoms with E-state index >= 15 is 0 Å². The Kier molecular flexibility index (Phi) is 7.40. The highest BCUT2D eigenvalue weighted by Gasteiger charge is 2.70. The highest BCUT2D eigenvalue weighted by atomic mass is 16.3. The maximum atomic E-state index is 14.1. The molecule has 4 aliphatic rings. The van der Waals surface area contributed by atoms with Crippen molar-refractivity contribution in [2.24, 2.45) is 52.3 Å². The van der Waals surface area contributed by atoms with Gasteiger partial charge in [0.2, 0.25) is 0 Å². The third kappa shape index (κ3) is 4.12. The van der Waals surface area contributed by atoms with Crippen LogP contribution in [-0.2, 0) is 4.79 Å². The SMILES string of the molecule is CC(C)CCC[C@@H](C)[C@H]1CC[C@H]2[C@@H]3C(CN(C)C)C(=O)[C@@]4(O)C[C@@H](O)CC[C@]4(C)[C@H]3CC[C@]12C. The summed E-state index contributed by atoms with van der Waals surface area (Å²) < 4.78 is 0. The summed E-state index contributed by atoms with van der Waals surface area (Å²) in [5.74, 6) is 3.51. The number of nitrogens with zero attached hydrogens (tertiary/aromatic N) is 1. The zero-order valence-corrected chi connectivity index (χ0v) is 23.1. The quantitative estimate of drug-likeness (QED) is 0.507. The Balaban J connectivity index is 1.65. The molecule has 34 heavy (non-hydrogen) atoms. The second kappa shape index (κ2) is 9.45. The highest BCUT2D eigenvalue weighted by Crippen LogP contribution is 2.69. The second-order valence-corrected chi connectivity index (χ2v) is 14.2. The number of hydrogen-bond acceptors (Lipinski definition) is 4. The zero-order valence-electron chi connectivity index (χ0n) is 23.1. The fourth-order valence-electron chi connectivity index (χ4n) is 9.83. The molecule has 1 unspecified atom stereocenters. The minimum absolute atomic E-state index is 0.0429. The third-order valence-electron chi connectivity index (χ3n) is 11.6. The average molecular weight is 476 g/mol. The van der Waals surface area contributed by atoms with Gasteiger partial charge in [-0.3, -0.25) is 4.79 Å². The molecule has 196 valence electrons. The van der Waals surface area contributed by atoms with Gasteiger partial charge in [0.25, 0.3) is 0 Å². The third-order valence-corrected chi connectivity index (χ3v) is 11.6. The molecular weight excluding hydrogens is 422 g/mol. The van der Waals surface area contributed by atoms with Crippen molar-refractivity contribution in [1.82, 2.24) is 4.90 Å². The number of rotatable bonds is 7. The maximum Gasteiger partial charge on any atom is 0.169 e. The molecule has 4 rings (SSSR count). The van der Waals surface area contributed by atoms with Crippen LogP contribution in [0.2, 0.25) is 0 Å². The van der Waals surface area contributed by atoms with Crippen LogP contribution >= 0.6 is 0 Å². The van der Waals surface area contributed by atoms with Crippen molar-refractivity contribution in [3.05, 3.63) is 0 Å². The van der Waals surface area contributed by atoms with Crippen molar-refractivity contribution in [1.29, 1.82) is 0 Å². The minimum Gasteiger partial charge on any atom is -0.393 e. The normalized spacial score (nSPS) is 47.4. The van der Waals surface area contributed by atoms with Crippen LogP contribution < -0.4 is 0 Å². The summed E-state index contributed by atoms with van der Waals surface area (Å²) in [5.41, 5.74) is -1.47. The molecule has 0 heterocycles. The molecule has 2 N–H and O–H groups in total. The van der Waals surface area contributed by atoms with E-state index < -0.39 is 17.1 Å². The van der Waals surface area contributed by atoms with Gasteiger partial charge in [-0.1, -0.05) is 53.9 Å². The molecule has 4 heteroatoms. The summed E-state index contributed by atoms with van der Waals surface area (Å²) in [6.07, 6.45) is 10.0. The van der Waals surface area contributed by atoms with Crippen LogP contribution in [0.3, 0.4) is 0 Å². The predicted molar refractivity (Wildman–Crippen MR) is 138 cm³/mol. The van der Waals surface area contributed by atoms with E-state index in [1.165, 1.54) is 38.5 Å². The van der Waals surface area contributed by atoms with Gasteiger partial charge in [-0.15, -0.1) is 0 Å². The van der Waals surface area contributed by atoms with Gasteiger partial charge in [0.05, 0.1) is 6.10 Å². The summed E-state index contributed by atoms with van der Waals surface area (Å²) in [6, 6.07) is 0. The molecule has 0 bridgehead atoms. The fourth-order valence-corrected chi connectivity index (χ4v) is 9.83. The van der Waals surface area contributed by atoms with Crippen molar-refractivity contribution >= 4 is 5.78 Å². The Labute approximate surface area is 209 Å². The van der Waals surface area contributed by atoms with Crippen molar-refractivity contribution in [2.75, 3.05) is 20.6 Å². The molecule has 0 aromatic heterocycles. The van der Waals surface area contributed by atoms with E-state index in [-0.39, 0.29) is 18.1 Å². The van der Waals surface area contributed by atoms with Gasteiger partial charge in [-0.2, -0.15) is 0 Å². The molecule has 0 amide bonds. The Morgan fingerprint density at radius 2 is 1.71 bits per heavy atom. The number of aliphatic hydroxyl groups excluding tert-OH is 1. The van der Waals surface area contributed by atoms with Gasteiger partial charge >= 0.3 is 0 Å². The van der Waals surface area contributed by atoms with Crippen molar-refractivity contribution < 1.29 is 15.0 Å². The summed E-state index contributed by atoms with van der Waals surface area (Å²) in [5, 5.41) is 22.4. The summed E-state index contributed by atoms with van der Waals surface area (Å²) in [6.45, 7) is 12.6. The summed E-state index contributed by atoms with van der Waals surface area (Å²) in [7, 11) is 4.12. The highest BCUT2D eigenvalue weighted by molar-refractivity contribution is 5.92. The first-order valence-corrected chi connectivity index (χ1v) is 14.4. The topological polar surface area (TPSA) is 60.8 Å². The van der Waals surface area contributed by atoms with Crippen LogP contribution in [-0.4, -0.2) is 53.2 Å². The molecular formula is C30H53NO3. The van der Waals surface area contributed by atoms with Gasteiger partial charge in [-0.05, 0) is 93.5 Å². The minimum atomic E-state index is -1.37. The Bertz CT molecular complexity index is 751. The average Bonchev–Trinajstić information content (AvgIpc) is 3.10. The molecule has 0 aliphatic heterocycles. The van der Waals surface area contributed by atoms with Crippen LogP contribution in [0.5, 0.6) is 0 Å². The number of carbonyl (C=O) groups excluding carboxylic acids is 1. The number of fused-ring (bicyclic) bond motifs is 5. The number of ketones is 1. The van der Waals surface area contributed by atoms with Gasteiger partial charge in [0.1, 0.15) is 5.60 Å². The molecule has 4 fully saturated rings. The predicted octanol–water partition coefficient (Wildman–Crippen LogP) is 5.55. The molecule has 4 saturated carbocycles. The Hall–Kier alpha value is -0.450. The van der Waals surface area contributed by atoms with E-state index in [4.69, 9.17) is 0 Å². The lowest BCUT2D eigenvalue weighted by atomic mass is 9.40. The molecule has 0 saturated heterocycles. The van der Waals surface area contributed by atoms with Gasteiger partial charge in [-0.25, -0.2) is 0 Å². The van der Waals surface area contributed by atoms with Gasteiger partial charge < -0.3 is 15.1 Å². The molecule has 0 spiro atoms. The lowest BCUT2D eigenvalue weighted by molar-refractivity contribution is -0.226. The number of Topliss-reactive ketones (excluding diaryl/α,β-unsaturated/α-hetero) is 1. The molecule has 0 aromatic rings. The number of hydrogen-bond donors (Lipinski definition) is 2. The lowest BCUT2D eigenvalue weighted by Crippen LogP contribution is -2.71. The monoisotopic (exact) mass is 475 g/mol. The largest absolute Gasteiger partial charge is 0.393 e. The molecule has 0 aromatic carbocycles. The van der Waals surface area contributed by atoms with E-state index in [1.807, 2.05) is 0 Å². The fraction of sp³-hybridized carbons (Fsp3) is 0.967. The smallest absolute Gasteiger partial charge is 0.169 e. The van der Waals surface area contributed by atoms with E-state index in [1.54, 1.807) is 0 Å². The number of aliphatic hydroxyl groups is 2. The molecule has 4 aliphatic carbocycles. The Morgan fingerprint density at radius 3 is 2.35 bits per heavy atom. The van der Waals surface area contributed by atoms with E-state index in [9.17, 15) is 15.0 Å². The first-order chi connectivity index (χ1) is 15.8. The van der Waals surface area contributed by atoms with Gasteiger partial charge in [0, 0.05) is 24.3 Å². The first kappa shape index (κ1) is 26.6. The van der Waals surface area contributed by atoms with Crippen molar-refractivity contribution in [3.63, 3.8) is 0 Å². The first-order valence-electron chi connectivity index (χ1n) is 14.4. The zero-order chi connectivity index (χ0) is 25.1. The van der Waals surface area contributed by atoms with E-state index in [2.05, 4.69) is 53.6 Å². The molecule has 4 nitrogen and oxygen atoms in total. The maximum absolute atomic E-state index is 14.1. The lowest BCUT2D eigenvalue weighted by Gasteiger charge is -2.65.